The third-order valence-electron chi connectivity index (χ3n) is 4.92. The van der Waals surface area contributed by atoms with Crippen molar-refractivity contribution in [1.29, 1.82) is 0 Å². The number of carbonyl (C=O) groups excluding carboxylic acids is 1. The predicted octanol–water partition coefficient (Wildman–Crippen LogP) is 3.34. The summed E-state index contributed by atoms with van der Waals surface area (Å²) in [6, 6.07) is 6.56. The smallest absolute Gasteiger partial charge is 0.227 e. The minimum atomic E-state index is -0.381. The molecule has 5 heteroatoms. The molecule has 0 aliphatic heterocycles. The van der Waals surface area contributed by atoms with Crippen LogP contribution in [-0.2, 0) is 4.79 Å². The Bertz CT molecular complexity index is 497. The number of hydrogen-bond donors (Lipinski definition) is 2. The molecule has 2 unspecified atom stereocenters. The second-order valence-electron chi connectivity index (χ2n) is 6.17. The van der Waals surface area contributed by atoms with Gasteiger partial charge in [-0.3, -0.25) is 4.79 Å². The standard InChI is InChI=1S/C16H21FN2O.ClH/c17-13-6-1-2-7-14(13)19-16(20)12-8-10-4-3-5-11(9-12)15(10)18;/h1-2,6-7,10-12,15H,3-5,8-9,18H2,(H,19,20);1H. The van der Waals surface area contributed by atoms with Crippen LogP contribution in [0.4, 0.5) is 10.1 Å². The molecule has 2 bridgehead atoms. The third kappa shape index (κ3) is 3.38. The maximum atomic E-state index is 13.6. The maximum absolute atomic E-state index is 13.6. The van der Waals surface area contributed by atoms with E-state index in [1.165, 1.54) is 12.5 Å². The Hall–Kier alpha value is -1.13. The van der Waals surface area contributed by atoms with Crippen molar-refractivity contribution in [3.8, 4) is 0 Å². The molecule has 0 heterocycles. The predicted molar refractivity (Wildman–Crippen MR) is 83.8 cm³/mol. The van der Waals surface area contributed by atoms with E-state index in [0.717, 1.165) is 25.7 Å². The lowest BCUT2D eigenvalue weighted by molar-refractivity contribution is -0.122. The molecule has 2 fully saturated rings. The fourth-order valence-electron chi connectivity index (χ4n) is 3.80. The van der Waals surface area contributed by atoms with Crippen LogP contribution >= 0.6 is 12.4 Å². The average molecular weight is 313 g/mol. The summed E-state index contributed by atoms with van der Waals surface area (Å²) in [4.78, 5) is 12.3. The summed E-state index contributed by atoms with van der Waals surface area (Å²) >= 11 is 0. The molecule has 0 spiro atoms. The van der Waals surface area contributed by atoms with Gasteiger partial charge in [-0.1, -0.05) is 18.6 Å². The van der Waals surface area contributed by atoms with Gasteiger partial charge >= 0.3 is 0 Å². The molecule has 1 aromatic rings. The monoisotopic (exact) mass is 312 g/mol. The van der Waals surface area contributed by atoms with Gasteiger partial charge in [-0.25, -0.2) is 4.39 Å². The molecule has 21 heavy (non-hydrogen) atoms. The van der Waals surface area contributed by atoms with Crippen molar-refractivity contribution in [3.63, 3.8) is 0 Å². The molecule has 1 aromatic carbocycles. The number of anilines is 1. The molecular weight excluding hydrogens is 291 g/mol. The first kappa shape index (κ1) is 16.2. The summed E-state index contributed by atoms with van der Waals surface area (Å²) < 4.78 is 13.6. The van der Waals surface area contributed by atoms with Crippen molar-refractivity contribution >= 4 is 24.0 Å². The maximum Gasteiger partial charge on any atom is 0.227 e. The number of amides is 1. The fourth-order valence-corrected chi connectivity index (χ4v) is 3.80. The van der Waals surface area contributed by atoms with Crippen LogP contribution in [0.2, 0.25) is 0 Å². The lowest BCUT2D eigenvalue weighted by Crippen LogP contribution is -2.48. The van der Waals surface area contributed by atoms with Crippen LogP contribution in [0.3, 0.4) is 0 Å². The molecule has 2 aliphatic carbocycles. The zero-order chi connectivity index (χ0) is 14.1. The molecule has 0 saturated heterocycles. The van der Waals surface area contributed by atoms with Crippen LogP contribution < -0.4 is 11.1 Å². The first-order valence-electron chi connectivity index (χ1n) is 7.46. The van der Waals surface area contributed by atoms with Gasteiger partial charge < -0.3 is 11.1 Å². The Morgan fingerprint density at radius 3 is 2.43 bits per heavy atom. The van der Waals surface area contributed by atoms with E-state index in [9.17, 15) is 9.18 Å². The highest BCUT2D eigenvalue weighted by Crippen LogP contribution is 2.42. The highest BCUT2D eigenvalue weighted by molar-refractivity contribution is 5.92. The topological polar surface area (TPSA) is 55.1 Å². The van der Waals surface area contributed by atoms with Gasteiger partial charge in [0.25, 0.3) is 0 Å². The van der Waals surface area contributed by atoms with Crippen LogP contribution in [0, 0.1) is 23.6 Å². The summed E-state index contributed by atoms with van der Waals surface area (Å²) in [6.07, 6.45) is 5.17. The molecule has 0 aromatic heterocycles. The normalized spacial score (nSPS) is 31.1. The number of rotatable bonds is 2. The Morgan fingerprint density at radius 2 is 1.81 bits per heavy atom. The zero-order valence-corrected chi connectivity index (χ0v) is 12.7. The largest absolute Gasteiger partial charge is 0.327 e. The Balaban J connectivity index is 0.00000161. The summed E-state index contributed by atoms with van der Waals surface area (Å²) in [6.45, 7) is 0. The third-order valence-corrected chi connectivity index (χ3v) is 4.92. The molecule has 2 saturated carbocycles. The minimum absolute atomic E-state index is 0. The number of fused-ring (bicyclic) bond motifs is 2. The van der Waals surface area contributed by atoms with Crippen molar-refractivity contribution in [1.82, 2.24) is 0 Å². The van der Waals surface area contributed by atoms with Gasteiger partial charge in [0.2, 0.25) is 5.91 Å². The van der Waals surface area contributed by atoms with Gasteiger partial charge in [-0.2, -0.15) is 0 Å². The van der Waals surface area contributed by atoms with Crippen molar-refractivity contribution < 1.29 is 9.18 Å². The number of para-hydroxylation sites is 1. The van der Waals surface area contributed by atoms with Crippen molar-refractivity contribution in [2.75, 3.05) is 5.32 Å². The van der Waals surface area contributed by atoms with E-state index in [1.807, 2.05) is 0 Å². The summed E-state index contributed by atoms with van der Waals surface area (Å²) in [5, 5.41) is 2.73. The quantitative estimate of drug-likeness (QED) is 0.880. The van der Waals surface area contributed by atoms with E-state index in [1.54, 1.807) is 18.2 Å². The Kier molecular flexibility index (Phi) is 5.22. The van der Waals surface area contributed by atoms with Crippen LogP contribution in [-0.4, -0.2) is 11.9 Å². The molecule has 3 nitrogen and oxygen atoms in total. The zero-order valence-electron chi connectivity index (χ0n) is 11.9. The van der Waals surface area contributed by atoms with Gasteiger partial charge in [0.05, 0.1) is 5.69 Å². The molecule has 2 atom stereocenters. The lowest BCUT2D eigenvalue weighted by Gasteiger charge is -2.43. The van der Waals surface area contributed by atoms with E-state index in [-0.39, 0.29) is 41.8 Å². The van der Waals surface area contributed by atoms with Crippen molar-refractivity contribution in [3.05, 3.63) is 30.1 Å². The van der Waals surface area contributed by atoms with E-state index >= 15 is 0 Å². The fraction of sp³-hybridized carbons (Fsp3) is 0.562. The SMILES string of the molecule is Cl.NC1C2CCCC1CC(C(=O)Nc1ccccc1F)C2. The Morgan fingerprint density at radius 1 is 1.19 bits per heavy atom. The molecule has 3 N–H and O–H groups in total. The van der Waals surface area contributed by atoms with Gasteiger partial charge in [0.15, 0.2) is 0 Å². The van der Waals surface area contributed by atoms with Crippen LogP contribution in [0.5, 0.6) is 0 Å². The van der Waals surface area contributed by atoms with Gasteiger partial charge in [-0.05, 0) is 49.7 Å². The van der Waals surface area contributed by atoms with Gasteiger partial charge in [0, 0.05) is 12.0 Å². The van der Waals surface area contributed by atoms with Crippen LogP contribution in [0.15, 0.2) is 24.3 Å². The number of halogens is 2. The number of nitrogens with two attached hydrogens (primary N) is 1. The number of nitrogens with one attached hydrogen (secondary N) is 1. The summed E-state index contributed by atoms with van der Waals surface area (Å²) in [5.41, 5.74) is 6.51. The molecule has 116 valence electrons. The average Bonchev–Trinajstić information content (AvgIpc) is 2.41. The van der Waals surface area contributed by atoms with Gasteiger partial charge in [-0.15, -0.1) is 12.4 Å². The van der Waals surface area contributed by atoms with Gasteiger partial charge in [0.1, 0.15) is 5.82 Å². The van der Waals surface area contributed by atoms with Crippen molar-refractivity contribution in [2.24, 2.45) is 23.5 Å². The Labute approximate surface area is 130 Å². The molecule has 0 radical (unpaired) electrons. The van der Waals surface area contributed by atoms with E-state index in [2.05, 4.69) is 5.32 Å². The number of hydrogen-bond acceptors (Lipinski definition) is 2. The van der Waals surface area contributed by atoms with Crippen molar-refractivity contribution in [2.45, 2.75) is 38.1 Å². The second kappa shape index (κ2) is 6.75. The highest BCUT2D eigenvalue weighted by Gasteiger charge is 2.40. The molecule has 3 rings (SSSR count). The van der Waals surface area contributed by atoms with E-state index in [0.29, 0.717) is 11.8 Å². The molecule has 2 aliphatic rings. The first-order valence-corrected chi connectivity index (χ1v) is 7.46. The van der Waals surface area contributed by atoms with Crippen LogP contribution in [0.25, 0.3) is 0 Å². The van der Waals surface area contributed by atoms with Crippen LogP contribution in [0.1, 0.15) is 32.1 Å². The first-order chi connectivity index (χ1) is 9.65. The number of benzene rings is 1. The summed E-state index contributed by atoms with van der Waals surface area (Å²) in [5.74, 6) is 0.454. The second-order valence-corrected chi connectivity index (χ2v) is 6.17. The highest BCUT2D eigenvalue weighted by atomic mass is 35.5. The summed E-state index contributed by atoms with van der Waals surface area (Å²) in [7, 11) is 0. The molecule has 1 amide bonds. The minimum Gasteiger partial charge on any atom is -0.327 e. The van der Waals surface area contributed by atoms with E-state index in [4.69, 9.17) is 5.73 Å². The number of carbonyl (C=O) groups is 1. The molecular formula is C16H22ClFN2O. The van der Waals surface area contributed by atoms with E-state index < -0.39 is 0 Å². The lowest BCUT2D eigenvalue weighted by atomic mass is 9.65.